The van der Waals surface area contributed by atoms with Gasteiger partial charge in [0.15, 0.2) is 0 Å². The van der Waals surface area contributed by atoms with E-state index in [1.807, 2.05) is 0 Å². The van der Waals surface area contributed by atoms with Gasteiger partial charge in [-0.05, 0) is 19.3 Å². The molecule has 62 valence electrons. The number of ether oxygens (including phenoxy) is 1. The van der Waals surface area contributed by atoms with Crippen LogP contribution in [0.15, 0.2) is 0 Å². The zero-order valence-electron chi connectivity index (χ0n) is 6.11. The minimum atomic E-state index is 0.707. The molecule has 0 unspecified atom stereocenters. The fourth-order valence-corrected chi connectivity index (χ4v) is 1.06. The van der Waals surface area contributed by atoms with Crippen molar-refractivity contribution in [1.29, 1.82) is 0 Å². The van der Waals surface area contributed by atoms with Gasteiger partial charge in [-0.15, -0.1) is 11.6 Å². The normalized spacial score (nSPS) is 10.2. The van der Waals surface area contributed by atoms with Crippen molar-refractivity contribution in [3.8, 4) is 0 Å². The number of alkyl halides is 2. The number of hydrogen-bond donors (Lipinski definition) is 0. The largest absolute Gasteiger partial charge is 0.381 e. The van der Waals surface area contributed by atoms with Gasteiger partial charge in [0.2, 0.25) is 0 Å². The van der Waals surface area contributed by atoms with Gasteiger partial charge in [0.1, 0.15) is 0 Å². The first-order valence-electron chi connectivity index (χ1n) is 3.61. The molecule has 0 aliphatic heterocycles. The lowest BCUT2D eigenvalue weighted by Gasteiger charge is -2.00. The highest BCUT2D eigenvalue weighted by Crippen LogP contribution is 1.95. The average molecular weight is 230 g/mol. The molecule has 0 aromatic heterocycles. The SMILES string of the molecule is ClCCCOCCCCBr. The zero-order valence-corrected chi connectivity index (χ0v) is 8.46. The second-order valence-corrected chi connectivity index (χ2v) is 3.22. The lowest BCUT2D eigenvalue weighted by molar-refractivity contribution is 0.132. The summed E-state index contributed by atoms with van der Waals surface area (Å²) in [5, 5.41) is 1.08. The maximum atomic E-state index is 5.45. The predicted octanol–water partition coefficient (Wildman–Crippen LogP) is 2.81. The Labute approximate surface area is 76.2 Å². The molecule has 0 rings (SSSR count). The van der Waals surface area contributed by atoms with E-state index < -0.39 is 0 Å². The van der Waals surface area contributed by atoms with E-state index in [4.69, 9.17) is 16.3 Å². The van der Waals surface area contributed by atoms with Crippen molar-refractivity contribution in [2.75, 3.05) is 24.4 Å². The van der Waals surface area contributed by atoms with Crippen molar-refractivity contribution in [2.24, 2.45) is 0 Å². The molecular weight excluding hydrogens is 215 g/mol. The minimum Gasteiger partial charge on any atom is -0.381 e. The Bertz CT molecular complexity index is 53.6. The molecule has 0 aliphatic rings. The molecule has 0 radical (unpaired) electrons. The summed E-state index contributed by atoms with van der Waals surface area (Å²) >= 11 is 8.81. The smallest absolute Gasteiger partial charge is 0.0477 e. The number of unbranched alkanes of at least 4 members (excludes halogenated alkanes) is 1. The van der Waals surface area contributed by atoms with Crippen LogP contribution in [0.5, 0.6) is 0 Å². The predicted molar refractivity (Wildman–Crippen MR) is 49.2 cm³/mol. The van der Waals surface area contributed by atoms with Crippen molar-refractivity contribution in [1.82, 2.24) is 0 Å². The van der Waals surface area contributed by atoms with Gasteiger partial charge in [-0.1, -0.05) is 15.9 Å². The van der Waals surface area contributed by atoms with Gasteiger partial charge in [0.05, 0.1) is 0 Å². The van der Waals surface area contributed by atoms with E-state index in [9.17, 15) is 0 Å². The molecular formula is C7H14BrClO. The first-order chi connectivity index (χ1) is 4.91. The first kappa shape index (κ1) is 10.7. The van der Waals surface area contributed by atoms with Gasteiger partial charge in [-0.25, -0.2) is 0 Å². The molecule has 0 aliphatic carbocycles. The van der Waals surface area contributed by atoms with E-state index in [0.717, 1.165) is 31.4 Å². The van der Waals surface area contributed by atoms with Crippen LogP contribution in [-0.4, -0.2) is 24.4 Å². The lowest BCUT2D eigenvalue weighted by Crippen LogP contribution is -1.97. The van der Waals surface area contributed by atoms with Gasteiger partial charge in [0, 0.05) is 24.4 Å². The fourth-order valence-electron chi connectivity index (χ4n) is 0.557. The molecule has 1 nitrogen and oxygen atoms in total. The Morgan fingerprint density at radius 1 is 1.10 bits per heavy atom. The third kappa shape index (κ3) is 8.73. The fraction of sp³-hybridized carbons (Fsp3) is 1.00. The molecule has 0 fully saturated rings. The number of halogens is 2. The van der Waals surface area contributed by atoms with E-state index in [1.165, 1.54) is 6.42 Å². The molecule has 0 atom stereocenters. The van der Waals surface area contributed by atoms with E-state index in [-0.39, 0.29) is 0 Å². The van der Waals surface area contributed by atoms with Crippen LogP contribution in [0.4, 0.5) is 0 Å². The van der Waals surface area contributed by atoms with Gasteiger partial charge in [-0.2, -0.15) is 0 Å². The van der Waals surface area contributed by atoms with Crippen molar-refractivity contribution < 1.29 is 4.74 Å². The molecule has 0 aromatic carbocycles. The standard InChI is InChI=1S/C7H14BrClO/c8-4-1-2-6-10-7-3-5-9/h1-7H2. The summed E-state index contributed by atoms with van der Waals surface area (Å²) < 4.78 is 5.27. The van der Waals surface area contributed by atoms with Crippen LogP contribution in [0.1, 0.15) is 19.3 Å². The summed E-state index contributed by atoms with van der Waals surface area (Å²) in [7, 11) is 0. The van der Waals surface area contributed by atoms with Crippen LogP contribution in [0.25, 0.3) is 0 Å². The van der Waals surface area contributed by atoms with E-state index in [0.29, 0.717) is 5.88 Å². The maximum Gasteiger partial charge on any atom is 0.0477 e. The Morgan fingerprint density at radius 3 is 2.40 bits per heavy atom. The lowest BCUT2D eigenvalue weighted by atomic mass is 10.4. The third-order valence-electron chi connectivity index (χ3n) is 1.09. The van der Waals surface area contributed by atoms with Gasteiger partial charge in [0.25, 0.3) is 0 Å². The highest BCUT2D eigenvalue weighted by molar-refractivity contribution is 9.09. The van der Waals surface area contributed by atoms with Gasteiger partial charge < -0.3 is 4.74 Å². The topological polar surface area (TPSA) is 9.23 Å². The quantitative estimate of drug-likeness (QED) is 0.482. The van der Waals surface area contributed by atoms with Gasteiger partial charge >= 0.3 is 0 Å². The molecule has 0 heterocycles. The van der Waals surface area contributed by atoms with E-state index in [1.54, 1.807) is 0 Å². The van der Waals surface area contributed by atoms with Gasteiger partial charge in [-0.3, -0.25) is 0 Å². The van der Waals surface area contributed by atoms with Crippen LogP contribution in [0.2, 0.25) is 0 Å². The van der Waals surface area contributed by atoms with Crippen LogP contribution >= 0.6 is 27.5 Å². The summed E-state index contributed by atoms with van der Waals surface area (Å²) in [6, 6.07) is 0. The van der Waals surface area contributed by atoms with Crippen LogP contribution in [0, 0.1) is 0 Å². The van der Waals surface area contributed by atoms with E-state index >= 15 is 0 Å². The third-order valence-corrected chi connectivity index (χ3v) is 1.92. The summed E-state index contributed by atoms with van der Waals surface area (Å²) in [5.74, 6) is 0.707. The molecule has 0 N–H and O–H groups in total. The van der Waals surface area contributed by atoms with Crippen LogP contribution in [0.3, 0.4) is 0 Å². The summed E-state index contributed by atoms with van der Waals surface area (Å²) in [4.78, 5) is 0. The minimum absolute atomic E-state index is 0.707. The average Bonchev–Trinajstić information content (AvgIpc) is 1.97. The first-order valence-corrected chi connectivity index (χ1v) is 5.27. The Morgan fingerprint density at radius 2 is 1.80 bits per heavy atom. The number of rotatable bonds is 7. The molecule has 0 aromatic rings. The summed E-state index contributed by atoms with van der Waals surface area (Å²) in [6.45, 7) is 1.69. The highest BCUT2D eigenvalue weighted by atomic mass is 79.9. The molecule has 0 bridgehead atoms. The highest BCUT2D eigenvalue weighted by Gasteiger charge is 1.87. The summed E-state index contributed by atoms with van der Waals surface area (Å²) in [6.07, 6.45) is 3.31. The molecule has 0 amide bonds. The Balaban J connectivity index is 2.65. The second-order valence-electron chi connectivity index (χ2n) is 2.05. The summed E-state index contributed by atoms with van der Waals surface area (Å²) in [5.41, 5.74) is 0. The Hall–Kier alpha value is 0.730. The second kappa shape index (κ2) is 9.73. The Kier molecular flexibility index (Phi) is 10.4. The van der Waals surface area contributed by atoms with Crippen LogP contribution < -0.4 is 0 Å². The zero-order chi connectivity index (χ0) is 7.66. The van der Waals surface area contributed by atoms with Crippen LogP contribution in [-0.2, 0) is 4.74 Å². The molecule has 3 heteroatoms. The number of hydrogen-bond acceptors (Lipinski definition) is 1. The van der Waals surface area contributed by atoms with Crippen molar-refractivity contribution >= 4 is 27.5 Å². The monoisotopic (exact) mass is 228 g/mol. The molecule has 0 spiro atoms. The molecule has 10 heavy (non-hydrogen) atoms. The van der Waals surface area contributed by atoms with Crippen molar-refractivity contribution in [3.63, 3.8) is 0 Å². The van der Waals surface area contributed by atoms with Crippen molar-refractivity contribution in [3.05, 3.63) is 0 Å². The maximum absolute atomic E-state index is 5.45. The van der Waals surface area contributed by atoms with Crippen molar-refractivity contribution in [2.45, 2.75) is 19.3 Å². The van der Waals surface area contributed by atoms with E-state index in [2.05, 4.69) is 15.9 Å². The molecule has 0 saturated heterocycles. The molecule has 0 saturated carbocycles.